The molecule has 1 atom stereocenters. The van der Waals surface area contributed by atoms with Gasteiger partial charge in [-0.2, -0.15) is 9.78 Å². The zero-order valence-corrected chi connectivity index (χ0v) is 23.2. The van der Waals surface area contributed by atoms with Crippen LogP contribution >= 0.6 is 43.5 Å². The number of carbonyl (C=O) groups is 1. The van der Waals surface area contributed by atoms with Crippen molar-refractivity contribution in [3.63, 3.8) is 0 Å². The third-order valence-corrected chi connectivity index (χ3v) is 7.28. The Morgan fingerprint density at radius 2 is 1.97 bits per heavy atom. The Hall–Kier alpha value is -2.23. The molecule has 3 aromatic rings. The number of hydrogen-bond donors (Lipinski definition) is 0. The van der Waals surface area contributed by atoms with Crippen molar-refractivity contribution >= 4 is 66.5 Å². The molecule has 0 N–H and O–H groups in total. The van der Waals surface area contributed by atoms with Gasteiger partial charge in [-0.1, -0.05) is 46.8 Å². The number of methoxy groups -OCH3 is 1. The third-order valence-electron chi connectivity index (χ3n) is 5.98. The quantitative estimate of drug-likeness (QED) is 0.233. The lowest BCUT2D eigenvalue weighted by Gasteiger charge is -2.23. The van der Waals surface area contributed by atoms with Crippen LogP contribution in [0.3, 0.4) is 0 Å². The van der Waals surface area contributed by atoms with E-state index in [1.807, 2.05) is 12.1 Å². The Balaban J connectivity index is 1.84. The standard InChI is InChI=1S/C25H24Br2ClN3O4/c1-14(25(33)34-2)35-22-16(10-18(28)12-20(22)27)13-29-31-23(15-6-4-3-5-7-15)30-21-9-8-17(26)11-19(21)24(31)32/h8-15H,3-7H2,1-2H3/t14-/m1/s1. The molecule has 1 aliphatic rings. The number of halogens is 3. The van der Waals surface area contributed by atoms with E-state index in [2.05, 4.69) is 37.0 Å². The predicted octanol–water partition coefficient (Wildman–Crippen LogP) is 6.45. The van der Waals surface area contributed by atoms with Crippen LogP contribution in [-0.4, -0.2) is 35.1 Å². The highest BCUT2D eigenvalue weighted by Gasteiger charge is 2.23. The summed E-state index contributed by atoms with van der Waals surface area (Å²) in [6, 6.07) is 8.79. The van der Waals surface area contributed by atoms with Crippen LogP contribution in [0, 0.1) is 0 Å². The number of rotatable bonds is 6. The summed E-state index contributed by atoms with van der Waals surface area (Å²) in [5, 5.41) is 5.48. The van der Waals surface area contributed by atoms with E-state index in [1.54, 1.807) is 25.1 Å². The van der Waals surface area contributed by atoms with E-state index in [-0.39, 0.29) is 11.5 Å². The minimum Gasteiger partial charge on any atom is -0.477 e. The minimum atomic E-state index is -0.857. The second kappa shape index (κ2) is 11.2. The van der Waals surface area contributed by atoms with Crippen LogP contribution in [0.25, 0.3) is 10.9 Å². The first kappa shape index (κ1) is 25.9. The Labute approximate surface area is 224 Å². The Morgan fingerprint density at radius 1 is 1.23 bits per heavy atom. The molecule has 7 nitrogen and oxygen atoms in total. The fourth-order valence-electron chi connectivity index (χ4n) is 4.21. The molecule has 0 aliphatic heterocycles. The number of aromatic nitrogens is 2. The van der Waals surface area contributed by atoms with Crippen LogP contribution in [0.1, 0.15) is 56.3 Å². The molecule has 0 unspecified atom stereocenters. The van der Waals surface area contributed by atoms with Crippen molar-refractivity contribution in [2.24, 2.45) is 5.10 Å². The molecule has 35 heavy (non-hydrogen) atoms. The zero-order chi connectivity index (χ0) is 25.1. The summed E-state index contributed by atoms with van der Waals surface area (Å²) in [6.45, 7) is 1.59. The zero-order valence-electron chi connectivity index (χ0n) is 19.3. The minimum absolute atomic E-state index is 0.141. The molecule has 0 amide bonds. The van der Waals surface area contributed by atoms with E-state index in [9.17, 15) is 9.59 Å². The maximum atomic E-state index is 13.6. The van der Waals surface area contributed by atoms with Crippen molar-refractivity contribution in [2.75, 3.05) is 7.11 Å². The average molecular weight is 626 g/mol. The van der Waals surface area contributed by atoms with Crippen molar-refractivity contribution in [3.05, 3.63) is 66.0 Å². The van der Waals surface area contributed by atoms with Gasteiger partial charge in [0.25, 0.3) is 5.56 Å². The van der Waals surface area contributed by atoms with Gasteiger partial charge in [-0.05, 0) is 66.0 Å². The fourth-order valence-corrected chi connectivity index (χ4v) is 5.50. The monoisotopic (exact) mass is 623 g/mol. The number of carbonyl (C=O) groups excluding carboxylic acids is 1. The van der Waals surface area contributed by atoms with Crippen LogP contribution in [0.15, 0.2) is 49.2 Å². The average Bonchev–Trinajstić information content (AvgIpc) is 2.85. The number of hydrogen-bond acceptors (Lipinski definition) is 6. The van der Waals surface area contributed by atoms with Gasteiger partial charge in [-0.15, -0.1) is 0 Å². The van der Waals surface area contributed by atoms with Crippen molar-refractivity contribution in [3.8, 4) is 5.75 Å². The summed E-state index contributed by atoms with van der Waals surface area (Å²) in [5.41, 5.74) is 0.891. The van der Waals surface area contributed by atoms with Gasteiger partial charge in [-0.25, -0.2) is 9.78 Å². The maximum Gasteiger partial charge on any atom is 0.346 e. The molecule has 0 radical (unpaired) electrons. The topological polar surface area (TPSA) is 82.8 Å². The summed E-state index contributed by atoms with van der Waals surface area (Å²) in [5.74, 6) is 0.629. The van der Waals surface area contributed by atoms with Crippen LogP contribution < -0.4 is 10.3 Å². The smallest absolute Gasteiger partial charge is 0.346 e. The van der Waals surface area contributed by atoms with E-state index in [1.165, 1.54) is 24.4 Å². The van der Waals surface area contributed by atoms with E-state index in [0.29, 0.717) is 37.5 Å². The van der Waals surface area contributed by atoms with Gasteiger partial charge < -0.3 is 9.47 Å². The summed E-state index contributed by atoms with van der Waals surface area (Å²) < 4.78 is 13.3. The maximum absolute atomic E-state index is 13.6. The number of benzene rings is 2. The molecule has 184 valence electrons. The number of esters is 1. The van der Waals surface area contributed by atoms with Gasteiger partial charge in [0.05, 0.1) is 28.7 Å². The fraction of sp³-hybridized carbons (Fsp3) is 0.360. The highest BCUT2D eigenvalue weighted by Crippen LogP contribution is 2.34. The van der Waals surface area contributed by atoms with Crippen LogP contribution in [0.4, 0.5) is 0 Å². The summed E-state index contributed by atoms with van der Waals surface area (Å²) in [7, 11) is 1.30. The van der Waals surface area contributed by atoms with Gasteiger partial charge in [0.1, 0.15) is 11.6 Å². The summed E-state index contributed by atoms with van der Waals surface area (Å²) >= 11 is 13.2. The molecular formula is C25H24Br2ClN3O4. The summed E-state index contributed by atoms with van der Waals surface area (Å²) in [4.78, 5) is 30.3. The van der Waals surface area contributed by atoms with Crippen LogP contribution in [0.2, 0.25) is 5.02 Å². The van der Waals surface area contributed by atoms with Crippen molar-refractivity contribution < 1.29 is 14.3 Å². The van der Waals surface area contributed by atoms with Crippen LogP contribution in [0.5, 0.6) is 5.75 Å². The number of ether oxygens (including phenoxy) is 2. The molecule has 10 heteroatoms. The molecule has 1 aromatic heterocycles. The van der Waals surface area contributed by atoms with Crippen molar-refractivity contribution in [1.82, 2.24) is 9.66 Å². The normalized spacial score (nSPS) is 15.5. The van der Waals surface area contributed by atoms with Gasteiger partial charge in [0.2, 0.25) is 0 Å². The molecule has 1 heterocycles. The second-order valence-electron chi connectivity index (χ2n) is 8.42. The highest BCUT2D eigenvalue weighted by atomic mass is 79.9. The molecule has 4 rings (SSSR count). The van der Waals surface area contributed by atoms with Gasteiger partial charge in [0, 0.05) is 21.0 Å². The lowest BCUT2D eigenvalue weighted by atomic mass is 9.88. The highest BCUT2D eigenvalue weighted by molar-refractivity contribution is 9.10. The lowest BCUT2D eigenvalue weighted by Crippen LogP contribution is -2.26. The first-order valence-corrected chi connectivity index (χ1v) is 13.2. The van der Waals surface area contributed by atoms with Gasteiger partial charge in [0.15, 0.2) is 6.10 Å². The van der Waals surface area contributed by atoms with Gasteiger partial charge in [-0.3, -0.25) is 4.79 Å². The van der Waals surface area contributed by atoms with E-state index in [0.717, 1.165) is 30.2 Å². The molecule has 0 bridgehead atoms. The third kappa shape index (κ3) is 5.78. The molecule has 1 saturated carbocycles. The van der Waals surface area contributed by atoms with Crippen molar-refractivity contribution in [1.29, 1.82) is 0 Å². The molecule has 0 saturated heterocycles. The predicted molar refractivity (Wildman–Crippen MR) is 144 cm³/mol. The van der Waals surface area contributed by atoms with Crippen molar-refractivity contribution in [2.45, 2.75) is 51.0 Å². The Bertz CT molecular complexity index is 1350. The number of fused-ring (bicyclic) bond motifs is 1. The largest absolute Gasteiger partial charge is 0.477 e. The van der Waals surface area contributed by atoms with Gasteiger partial charge >= 0.3 is 5.97 Å². The Morgan fingerprint density at radius 3 is 2.69 bits per heavy atom. The molecule has 1 fully saturated rings. The first-order valence-electron chi connectivity index (χ1n) is 11.3. The summed E-state index contributed by atoms with van der Waals surface area (Å²) in [6.07, 6.45) is 5.93. The second-order valence-corrected chi connectivity index (χ2v) is 10.6. The lowest BCUT2D eigenvalue weighted by molar-refractivity contribution is -0.147. The Kier molecular flexibility index (Phi) is 8.29. The number of nitrogens with zero attached hydrogens (tertiary/aromatic N) is 3. The first-order chi connectivity index (χ1) is 16.8. The van der Waals surface area contributed by atoms with E-state index >= 15 is 0 Å². The van der Waals surface area contributed by atoms with E-state index < -0.39 is 12.1 Å². The molecular weight excluding hydrogens is 602 g/mol. The molecule has 1 aliphatic carbocycles. The molecule has 2 aromatic carbocycles. The van der Waals surface area contributed by atoms with Crippen LogP contribution in [-0.2, 0) is 9.53 Å². The molecule has 0 spiro atoms. The SMILES string of the molecule is COC(=O)[C@@H](C)Oc1c(Br)cc(Cl)cc1C=Nn1c(C2CCCCC2)nc2ccc(Br)cc2c1=O. The van der Waals surface area contributed by atoms with E-state index in [4.69, 9.17) is 26.1 Å².